The van der Waals surface area contributed by atoms with Gasteiger partial charge in [-0.05, 0) is 27.2 Å². The SMILES string of the molecule is CCNC(=NCCCOCC)NCCc1nc(C)no1.I. The van der Waals surface area contributed by atoms with Gasteiger partial charge in [-0.15, -0.1) is 24.0 Å². The van der Waals surface area contributed by atoms with Gasteiger partial charge in [0.05, 0.1) is 0 Å². The summed E-state index contributed by atoms with van der Waals surface area (Å²) >= 11 is 0. The molecule has 0 unspecified atom stereocenters. The maximum atomic E-state index is 5.28. The molecule has 1 rings (SSSR count). The third-order valence-corrected chi connectivity index (χ3v) is 2.47. The third kappa shape index (κ3) is 9.62. The number of rotatable bonds is 9. The van der Waals surface area contributed by atoms with Crippen LogP contribution in [0.1, 0.15) is 32.0 Å². The second-order valence-corrected chi connectivity index (χ2v) is 4.22. The van der Waals surface area contributed by atoms with E-state index in [0.29, 0.717) is 24.7 Å². The molecule has 0 spiro atoms. The molecule has 1 aromatic heterocycles. The van der Waals surface area contributed by atoms with Crippen LogP contribution in [0, 0.1) is 6.92 Å². The van der Waals surface area contributed by atoms with E-state index in [1.165, 1.54) is 0 Å². The molecule has 0 saturated carbocycles. The van der Waals surface area contributed by atoms with Gasteiger partial charge in [0, 0.05) is 39.3 Å². The molecule has 1 aromatic rings. The summed E-state index contributed by atoms with van der Waals surface area (Å²) in [4.78, 5) is 8.62. The molecule has 122 valence electrons. The van der Waals surface area contributed by atoms with Gasteiger partial charge in [0.1, 0.15) is 0 Å². The third-order valence-electron chi connectivity index (χ3n) is 2.47. The Morgan fingerprint density at radius 3 is 2.76 bits per heavy atom. The average Bonchev–Trinajstić information content (AvgIpc) is 2.84. The summed E-state index contributed by atoms with van der Waals surface area (Å²) in [6.07, 6.45) is 1.61. The highest BCUT2D eigenvalue weighted by Gasteiger charge is 2.03. The lowest BCUT2D eigenvalue weighted by atomic mass is 10.4. The Kier molecular flexibility index (Phi) is 12.3. The Morgan fingerprint density at radius 1 is 1.33 bits per heavy atom. The zero-order chi connectivity index (χ0) is 14.6. The molecule has 1 heterocycles. The van der Waals surface area contributed by atoms with E-state index in [1.54, 1.807) is 0 Å². The van der Waals surface area contributed by atoms with Crippen molar-refractivity contribution in [2.45, 2.75) is 33.6 Å². The number of hydrogen-bond donors (Lipinski definition) is 2. The second-order valence-electron chi connectivity index (χ2n) is 4.22. The van der Waals surface area contributed by atoms with Crippen molar-refractivity contribution in [2.75, 3.05) is 32.8 Å². The molecular weight excluding hydrogens is 385 g/mol. The van der Waals surface area contributed by atoms with E-state index in [0.717, 1.165) is 38.7 Å². The maximum Gasteiger partial charge on any atom is 0.228 e. The molecule has 0 atom stereocenters. The van der Waals surface area contributed by atoms with Crippen molar-refractivity contribution in [2.24, 2.45) is 4.99 Å². The number of aliphatic imine (C=N–C) groups is 1. The summed E-state index contributed by atoms with van der Waals surface area (Å²) in [6, 6.07) is 0. The Morgan fingerprint density at radius 2 is 2.14 bits per heavy atom. The zero-order valence-corrected chi connectivity index (χ0v) is 15.3. The molecule has 21 heavy (non-hydrogen) atoms. The fourth-order valence-corrected chi connectivity index (χ4v) is 1.57. The number of aromatic nitrogens is 2. The minimum Gasteiger partial charge on any atom is -0.382 e. The smallest absolute Gasteiger partial charge is 0.228 e. The Balaban J connectivity index is 0.00000400. The number of ether oxygens (including phenoxy) is 1. The van der Waals surface area contributed by atoms with Crippen LogP contribution in [0.25, 0.3) is 0 Å². The lowest BCUT2D eigenvalue weighted by molar-refractivity contribution is 0.146. The number of hydrogen-bond acceptors (Lipinski definition) is 5. The van der Waals surface area contributed by atoms with Gasteiger partial charge >= 0.3 is 0 Å². The van der Waals surface area contributed by atoms with Crippen molar-refractivity contribution in [3.05, 3.63) is 11.7 Å². The minimum atomic E-state index is 0. The summed E-state index contributed by atoms with van der Waals surface area (Å²) in [5.41, 5.74) is 0. The van der Waals surface area contributed by atoms with Crippen molar-refractivity contribution in [1.82, 2.24) is 20.8 Å². The van der Waals surface area contributed by atoms with Crippen LogP contribution in [-0.2, 0) is 11.2 Å². The van der Waals surface area contributed by atoms with Gasteiger partial charge in [0.2, 0.25) is 5.89 Å². The van der Waals surface area contributed by atoms with Crippen molar-refractivity contribution in [1.29, 1.82) is 0 Å². The molecule has 0 bridgehead atoms. The maximum absolute atomic E-state index is 5.28. The molecule has 0 aliphatic heterocycles. The molecule has 8 heteroatoms. The molecule has 0 fully saturated rings. The predicted molar refractivity (Wildman–Crippen MR) is 93.2 cm³/mol. The molecule has 0 aliphatic carbocycles. The van der Waals surface area contributed by atoms with E-state index in [1.807, 2.05) is 20.8 Å². The van der Waals surface area contributed by atoms with Gasteiger partial charge < -0.3 is 19.9 Å². The van der Waals surface area contributed by atoms with E-state index in [4.69, 9.17) is 9.26 Å². The van der Waals surface area contributed by atoms with Crippen LogP contribution in [0.5, 0.6) is 0 Å². The lowest BCUT2D eigenvalue weighted by Crippen LogP contribution is -2.38. The summed E-state index contributed by atoms with van der Waals surface area (Å²) < 4.78 is 10.3. The molecule has 0 aromatic carbocycles. The summed E-state index contributed by atoms with van der Waals surface area (Å²) in [7, 11) is 0. The minimum absolute atomic E-state index is 0. The molecule has 0 saturated heterocycles. The van der Waals surface area contributed by atoms with Gasteiger partial charge in [0.25, 0.3) is 0 Å². The number of nitrogens with zero attached hydrogens (tertiary/aromatic N) is 3. The highest BCUT2D eigenvalue weighted by atomic mass is 127. The fraction of sp³-hybridized carbons (Fsp3) is 0.769. The first-order chi connectivity index (χ1) is 9.76. The van der Waals surface area contributed by atoms with Crippen molar-refractivity contribution in [3.8, 4) is 0 Å². The van der Waals surface area contributed by atoms with Crippen molar-refractivity contribution in [3.63, 3.8) is 0 Å². The normalized spacial score (nSPS) is 11.1. The first kappa shape index (κ1) is 20.1. The molecule has 7 nitrogen and oxygen atoms in total. The topological polar surface area (TPSA) is 84.6 Å². The predicted octanol–water partition coefficient (Wildman–Crippen LogP) is 1.52. The number of nitrogens with one attached hydrogen (secondary N) is 2. The van der Waals surface area contributed by atoms with E-state index in [9.17, 15) is 0 Å². The zero-order valence-electron chi connectivity index (χ0n) is 13.0. The standard InChI is InChI=1S/C13H25N5O2.HI/c1-4-14-13(15-8-6-10-19-5-2)16-9-7-12-17-11(3)18-20-12;/h4-10H2,1-3H3,(H2,14,15,16);1H. The van der Waals surface area contributed by atoms with Crippen LogP contribution >= 0.6 is 24.0 Å². The Hall–Kier alpha value is -0.900. The monoisotopic (exact) mass is 411 g/mol. The molecule has 0 radical (unpaired) electrons. The number of halogens is 1. The van der Waals surface area contributed by atoms with Crippen LogP contribution < -0.4 is 10.6 Å². The van der Waals surface area contributed by atoms with Crippen LogP contribution in [0.4, 0.5) is 0 Å². The molecule has 2 N–H and O–H groups in total. The van der Waals surface area contributed by atoms with Crippen LogP contribution in [0.2, 0.25) is 0 Å². The highest BCUT2D eigenvalue weighted by molar-refractivity contribution is 14.0. The first-order valence-electron chi connectivity index (χ1n) is 7.15. The van der Waals surface area contributed by atoms with Gasteiger partial charge in [-0.3, -0.25) is 4.99 Å². The van der Waals surface area contributed by atoms with E-state index in [2.05, 4.69) is 25.8 Å². The average molecular weight is 411 g/mol. The summed E-state index contributed by atoms with van der Waals surface area (Å²) in [5, 5.41) is 10.2. The van der Waals surface area contributed by atoms with Gasteiger partial charge in [0.15, 0.2) is 11.8 Å². The van der Waals surface area contributed by atoms with E-state index in [-0.39, 0.29) is 24.0 Å². The summed E-state index contributed by atoms with van der Waals surface area (Å²) in [6.45, 7) is 9.63. The Labute approximate surface area is 143 Å². The van der Waals surface area contributed by atoms with Gasteiger partial charge in [-0.25, -0.2) is 0 Å². The number of guanidine groups is 1. The van der Waals surface area contributed by atoms with Crippen LogP contribution in [0.15, 0.2) is 9.52 Å². The van der Waals surface area contributed by atoms with Crippen molar-refractivity contribution < 1.29 is 9.26 Å². The molecule has 0 amide bonds. The van der Waals surface area contributed by atoms with E-state index < -0.39 is 0 Å². The fourth-order valence-electron chi connectivity index (χ4n) is 1.57. The summed E-state index contributed by atoms with van der Waals surface area (Å²) in [5.74, 6) is 2.11. The largest absolute Gasteiger partial charge is 0.382 e. The Bertz CT molecular complexity index is 398. The molecular formula is C13H26IN5O2. The van der Waals surface area contributed by atoms with Crippen molar-refractivity contribution >= 4 is 29.9 Å². The van der Waals surface area contributed by atoms with E-state index >= 15 is 0 Å². The number of aryl methyl sites for hydroxylation is 1. The second kappa shape index (κ2) is 12.8. The van der Waals surface area contributed by atoms with Crippen LogP contribution in [-0.4, -0.2) is 48.9 Å². The lowest BCUT2D eigenvalue weighted by Gasteiger charge is -2.10. The van der Waals surface area contributed by atoms with Gasteiger partial charge in [-0.2, -0.15) is 4.98 Å². The van der Waals surface area contributed by atoms with Gasteiger partial charge in [-0.1, -0.05) is 5.16 Å². The quantitative estimate of drug-likeness (QED) is 0.278. The van der Waals surface area contributed by atoms with Crippen LogP contribution in [0.3, 0.4) is 0 Å². The highest BCUT2D eigenvalue weighted by Crippen LogP contribution is 1.95. The first-order valence-corrected chi connectivity index (χ1v) is 7.15. The molecule has 0 aliphatic rings.